The Labute approximate surface area is 140 Å². The summed E-state index contributed by atoms with van der Waals surface area (Å²) in [6, 6.07) is 8.23. The highest BCUT2D eigenvalue weighted by Crippen LogP contribution is 2.29. The molecule has 0 saturated carbocycles. The van der Waals surface area contributed by atoms with Gasteiger partial charge in [-0.3, -0.25) is 14.7 Å². The normalized spacial score (nSPS) is 17.0. The lowest BCUT2D eigenvalue weighted by molar-refractivity contribution is -0.120. The number of hydrogen-bond acceptors (Lipinski definition) is 4. The number of aromatic amines is 1. The molecule has 7 heteroatoms. The maximum atomic E-state index is 12.6. The molecule has 126 valence electrons. The number of aryl methyl sites for hydroxylation is 1. The molecular formula is C17H20N4O3. The molecule has 1 aromatic heterocycles. The molecule has 2 amide bonds. The van der Waals surface area contributed by atoms with Gasteiger partial charge < -0.3 is 15.0 Å². The first kappa shape index (κ1) is 16.0. The summed E-state index contributed by atoms with van der Waals surface area (Å²) in [5.74, 6) is 0.00243. The van der Waals surface area contributed by atoms with E-state index in [-0.39, 0.29) is 18.2 Å². The zero-order valence-corrected chi connectivity index (χ0v) is 13.7. The highest BCUT2D eigenvalue weighted by molar-refractivity contribution is 6.02. The Morgan fingerprint density at radius 2 is 2.25 bits per heavy atom. The molecule has 1 aliphatic rings. The van der Waals surface area contributed by atoms with E-state index in [0.717, 1.165) is 18.5 Å². The Hall–Kier alpha value is -2.83. The maximum Gasteiger partial charge on any atom is 0.272 e. The molecule has 1 atom stereocenters. The van der Waals surface area contributed by atoms with Crippen molar-refractivity contribution >= 4 is 17.5 Å². The summed E-state index contributed by atoms with van der Waals surface area (Å²) in [5, 5.41) is 9.55. The number of carbonyl (C=O) groups excluding carboxylic acids is 2. The number of anilines is 1. The zero-order valence-electron chi connectivity index (χ0n) is 13.7. The number of para-hydroxylation sites is 2. The minimum Gasteiger partial charge on any atom is -0.489 e. The van der Waals surface area contributed by atoms with Gasteiger partial charge in [0.15, 0.2) is 0 Å². The number of nitrogens with zero attached hydrogens (tertiary/aromatic N) is 2. The van der Waals surface area contributed by atoms with Gasteiger partial charge in [0.05, 0.1) is 5.69 Å². The van der Waals surface area contributed by atoms with Crippen molar-refractivity contribution in [2.45, 2.75) is 25.8 Å². The molecular weight excluding hydrogens is 308 g/mol. The number of likely N-dealkylation sites (N-methyl/N-ethyl adjacent to an activating group) is 1. The highest BCUT2D eigenvalue weighted by Gasteiger charge is 2.30. The van der Waals surface area contributed by atoms with Crippen LogP contribution in [0.2, 0.25) is 0 Å². The van der Waals surface area contributed by atoms with Gasteiger partial charge in [-0.15, -0.1) is 0 Å². The average molecular weight is 328 g/mol. The van der Waals surface area contributed by atoms with Crippen molar-refractivity contribution in [3.8, 4) is 5.75 Å². The van der Waals surface area contributed by atoms with Crippen LogP contribution in [-0.4, -0.2) is 41.7 Å². The van der Waals surface area contributed by atoms with Crippen molar-refractivity contribution in [2.24, 2.45) is 0 Å². The molecule has 0 spiro atoms. The fraction of sp³-hybridized carbons (Fsp3) is 0.353. The molecule has 3 rings (SSSR count). The maximum absolute atomic E-state index is 12.6. The predicted molar refractivity (Wildman–Crippen MR) is 89.2 cm³/mol. The molecule has 0 aliphatic carbocycles. The Morgan fingerprint density at radius 1 is 1.46 bits per heavy atom. The lowest BCUT2D eigenvalue weighted by Gasteiger charge is -2.19. The molecule has 7 nitrogen and oxygen atoms in total. The predicted octanol–water partition coefficient (Wildman–Crippen LogP) is 1.52. The third-order valence-electron chi connectivity index (χ3n) is 3.95. The van der Waals surface area contributed by atoms with Crippen molar-refractivity contribution in [3.05, 3.63) is 41.7 Å². The van der Waals surface area contributed by atoms with Crippen LogP contribution in [-0.2, 0) is 11.2 Å². The number of nitrogens with one attached hydrogen (secondary N) is 2. The smallest absolute Gasteiger partial charge is 0.272 e. The minimum atomic E-state index is -0.763. The molecule has 2 heterocycles. The highest BCUT2D eigenvalue weighted by atomic mass is 16.5. The zero-order chi connectivity index (χ0) is 17.1. The number of amides is 2. The second-order valence-corrected chi connectivity index (χ2v) is 5.73. The standard InChI is InChI=1S/C17H20N4O3/c1-3-6-11-9-12(20-19-11)16(22)18-13-10-24-15-8-5-4-7-14(15)21(2)17(13)23/h4-5,7-9,13H,3,6,10H2,1-2H3,(H,18,22)(H,19,20). The number of H-pyrrole nitrogens is 1. The van der Waals surface area contributed by atoms with E-state index in [1.54, 1.807) is 19.2 Å². The van der Waals surface area contributed by atoms with Gasteiger partial charge in [-0.25, -0.2) is 0 Å². The van der Waals surface area contributed by atoms with E-state index in [0.29, 0.717) is 11.4 Å². The number of rotatable bonds is 4. The van der Waals surface area contributed by atoms with Gasteiger partial charge in [0.25, 0.3) is 11.8 Å². The number of fused-ring (bicyclic) bond motifs is 1. The van der Waals surface area contributed by atoms with E-state index >= 15 is 0 Å². The Bertz CT molecular complexity index is 756. The third-order valence-corrected chi connectivity index (χ3v) is 3.95. The number of hydrogen-bond donors (Lipinski definition) is 2. The van der Waals surface area contributed by atoms with E-state index in [9.17, 15) is 9.59 Å². The molecule has 0 radical (unpaired) electrons. The number of ether oxygens (including phenoxy) is 1. The summed E-state index contributed by atoms with van der Waals surface area (Å²) in [5.41, 5.74) is 1.86. The van der Waals surface area contributed by atoms with E-state index in [2.05, 4.69) is 22.4 Å². The topological polar surface area (TPSA) is 87.3 Å². The first-order valence-corrected chi connectivity index (χ1v) is 7.94. The largest absolute Gasteiger partial charge is 0.489 e. The molecule has 0 bridgehead atoms. The second-order valence-electron chi connectivity index (χ2n) is 5.73. The van der Waals surface area contributed by atoms with Gasteiger partial charge in [-0.05, 0) is 24.6 Å². The number of carbonyl (C=O) groups is 2. The molecule has 24 heavy (non-hydrogen) atoms. The summed E-state index contributed by atoms with van der Waals surface area (Å²) in [7, 11) is 1.67. The van der Waals surface area contributed by atoms with Crippen molar-refractivity contribution < 1.29 is 14.3 Å². The summed E-state index contributed by atoms with van der Waals surface area (Å²) < 4.78 is 5.68. The van der Waals surface area contributed by atoms with Crippen molar-refractivity contribution in [2.75, 3.05) is 18.6 Å². The van der Waals surface area contributed by atoms with Gasteiger partial charge in [-0.1, -0.05) is 25.5 Å². The fourth-order valence-corrected chi connectivity index (χ4v) is 2.66. The SMILES string of the molecule is CCCc1cc(C(=O)NC2COc3ccccc3N(C)C2=O)n[nH]1. The first-order chi connectivity index (χ1) is 11.6. The second kappa shape index (κ2) is 6.74. The number of aromatic nitrogens is 2. The van der Waals surface area contributed by atoms with Crippen molar-refractivity contribution in [1.82, 2.24) is 15.5 Å². The third kappa shape index (κ3) is 3.10. The van der Waals surface area contributed by atoms with Gasteiger partial charge in [0, 0.05) is 12.7 Å². The van der Waals surface area contributed by atoms with Gasteiger partial charge in [0.2, 0.25) is 0 Å². The van der Waals surface area contributed by atoms with Crippen molar-refractivity contribution in [3.63, 3.8) is 0 Å². The quantitative estimate of drug-likeness (QED) is 0.891. The minimum absolute atomic E-state index is 0.0815. The van der Waals surface area contributed by atoms with Gasteiger partial charge in [0.1, 0.15) is 24.1 Å². The average Bonchev–Trinajstić information content (AvgIpc) is 3.02. The summed E-state index contributed by atoms with van der Waals surface area (Å²) in [6.07, 6.45) is 1.78. The van der Waals surface area contributed by atoms with E-state index in [1.165, 1.54) is 4.90 Å². The fourth-order valence-electron chi connectivity index (χ4n) is 2.66. The molecule has 1 unspecified atom stereocenters. The monoisotopic (exact) mass is 328 g/mol. The van der Waals surface area contributed by atoms with Crippen LogP contribution in [0.3, 0.4) is 0 Å². The van der Waals surface area contributed by atoms with Crippen LogP contribution in [0.5, 0.6) is 5.75 Å². The lowest BCUT2D eigenvalue weighted by atomic mass is 10.2. The first-order valence-electron chi connectivity index (χ1n) is 7.94. The Morgan fingerprint density at radius 3 is 3.04 bits per heavy atom. The van der Waals surface area contributed by atoms with Crippen LogP contribution < -0.4 is 15.0 Å². The van der Waals surface area contributed by atoms with Gasteiger partial charge >= 0.3 is 0 Å². The summed E-state index contributed by atoms with van der Waals surface area (Å²) in [4.78, 5) is 26.4. The van der Waals surface area contributed by atoms with Crippen LogP contribution in [0, 0.1) is 0 Å². The molecule has 0 fully saturated rings. The van der Waals surface area contributed by atoms with Crippen molar-refractivity contribution in [1.29, 1.82) is 0 Å². The summed E-state index contributed by atoms with van der Waals surface area (Å²) >= 11 is 0. The Kier molecular flexibility index (Phi) is 4.50. The molecule has 1 aromatic carbocycles. The van der Waals surface area contributed by atoms with E-state index in [1.807, 2.05) is 18.2 Å². The van der Waals surface area contributed by atoms with Crippen LogP contribution in [0.25, 0.3) is 0 Å². The Balaban J connectivity index is 1.73. The number of benzene rings is 1. The van der Waals surface area contributed by atoms with Crippen LogP contribution >= 0.6 is 0 Å². The van der Waals surface area contributed by atoms with Gasteiger partial charge in [-0.2, -0.15) is 5.10 Å². The van der Waals surface area contributed by atoms with E-state index in [4.69, 9.17) is 4.74 Å². The summed E-state index contributed by atoms with van der Waals surface area (Å²) in [6.45, 7) is 2.13. The van der Waals surface area contributed by atoms with Crippen LogP contribution in [0.1, 0.15) is 29.5 Å². The van der Waals surface area contributed by atoms with Crippen LogP contribution in [0.4, 0.5) is 5.69 Å². The molecule has 2 N–H and O–H groups in total. The molecule has 1 aliphatic heterocycles. The lowest BCUT2D eigenvalue weighted by Crippen LogP contribution is -2.49. The van der Waals surface area contributed by atoms with Crippen LogP contribution in [0.15, 0.2) is 30.3 Å². The molecule has 0 saturated heterocycles. The molecule has 2 aromatic rings. The van der Waals surface area contributed by atoms with E-state index < -0.39 is 11.9 Å².